The molecule has 1 N–H and O–H groups in total. The van der Waals surface area contributed by atoms with E-state index < -0.39 is 0 Å². The van der Waals surface area contributed by atoms with Crippen molar-refractivity contribution in [2.75, 3.05) is 11.5 Å². The Morgan fingerprint density at radius 3 is 3.00 bits per heavy atom. The summed E-state index contributed by atoms with van der Waals surface area (Å²) in [4.78, 5) is 0. The molecular weight excluding hydrogens is 173 g/mol. The van der Waals surface area contributed by atoms with Crippen LogP contribution in [0.2, 0.25) is 0 Å². The summed E-state index contributed by atoms with van der Waals surface area (Å²) >= 11 is 2.10. The number of hydrogen-bond donors (Lipinski definition) is 1. The summed E-state index contributed by atoms with van der Waals surface area (Å²) in [6.07, 6.45) is 4.13. The molecule has 1 nitrogen and oxygen atoms in total. The molecule has 1 aliphatic rings. The van der Waals surface area contributed by atoms with E-state index in [9.17, 15) is 0 Å². The van der Waals surface area contributed by atoms with Crippen molar-refractivity contribution in [3.63, 3.8) is 0 Å². The van der Waals surface area contributed by atoms with Gasteiger partial charge in [-0.25, -0.2) is 0 Å². The molecule has 0 saturated carbocycles. The maximum absolute atomic E-state index is 3.29. The van der Waals surface area contributed by atoms with Gasteiger partial charge in [0.25, 0.3) is 0 Å². The van der Waals surface area contributed by atoms with Crippen molar-refractivity contribution in [3.05, 3.63) is 0 Å². The van der Waals surface area contributed by atoms with Crippen LogP contribution in [-0.2, 0) is 0 Å². The summed E-state index contributed by atoms with van der Waals surface area (Å²) in [6.45, 7) is 2.28. The lowest BCUT2D eigenvalue weighted by Gasteiger charge is -2.27. The predicted molar refractivity (Wildman–Crippen MR) is 57.0 cm³/mol. The lowest BCUT2D eigenvalue weighted by atomic mass is 9.98. The van der Waals surface area contributed by atoms with Gasteiger partial charge >= 0.3 is 0 Å². The van der Waals surface area contributed by atoms with Crippen molar-refractivity contribution in [1.29, 1.82) is 0 Å². The third-order valence-electron chi connectivity index (χ3n) is 2.22. The van der Waals surface area contributed by atoms with Crippen molar-refractivity contribution >= 4 is 21.2 Å². The van der Waals surface area contributed by atoms with Crippen LogP contribution in [0.25, 0.3) is 0 Å². The standard InChI is InChI=1S/C8H18NPS/c1-2-3-7-4-8(9-10)6-11-5-7/h7-9H,2-6,10H2,1H3. The van der Waals surface area contributed by atoms with Crippen molar-refractivity contribution < 1.29 is 0 Å². The summed E-state index contributed by atoms with van der Waals surface area (Å²) in [5, 5.41) is 3.29. The maximum atomic E-state index is 3.29. The van der Waals surface area contributed by atoms with E-state index in [4.69, 9.17) is 0 Å². The molecule has 1 heterocycles. The van der Waals surface area contributed by atoms with Crippen LogP contribution in [0.4, 0.5) is 0 Å². The van der Waals surface area contributed by atoms with E-state index in [1.54, 1.807) is 0 Å². The zero-order valence-electron chi connectivity index (χ0n) is 7.18. The molecule has 11 heavy (non-hydrogen) atoms. The minimum Gasteiger partial charge on any atom is -0.297 e. The number of nitrogens with one attached hydrogen (secondary N) is 1. The van der Waals surface area contributed by atoms with Gasteiger partial charge in [-0.3, -0.25) is 5.09 Å². The Kier molecular flexibility index (Phi) is 4.82. The minimum atomic E-state index is 0.746. The van der Waals surface area contributed by atoms with Crippen LogP contribution in [0.3, 0.4) is 0 Å². The SMILES string of the molecule is CCCC1CSCC(NP)C1. The highest BCUT2D eigenvalue weighted by molar-refractivity contribution is 7.99. The van der Waals surface area contributed by atoms with Crippen molar-refractivity contribution in [3.8, 4) is 0 Å². The summed E-state index contributed by atoms with van der Waals surface area (Å²) in [6, 6.07) is 0.746. The molecule has 1 aliphatic heterocycles. The third kappa shape index (κ3) is 3.31. The fraction of sp³-hybridized carbons (Fsp3) is 1.00. The van der Waals surface area contributed by atoms with E-state index >= 15 is 0 Å². The highest BCUT2D eigenvalue weighted by Crippen LogP contribution is 2.26. The van der Waals surface area contributed by atoms with Gasteiger partial charge in [0, 0.05) is 11.8 Å². The molecule has 1 rings (SSSR count). The summed E-state index contributed by atoms with van der Waals surface area (Å²) in [5.74, 6) is 3.65. The average molecular weight is 191 g/mol. The minimum absolute atomic E-state index is 0.746. The second-order valence-electron chi connectivity index (χ2n) is 3.29. The van der Waals surface area contributed by atoms with E-state index in [-0.39, 0.29) is 0 Å². The lowest BCUT2D eigenvalue weighted by Crippen LogP contribution is -2.31. The predicted octanol–water partition coefficient (Wildman–Crippen LogP) is 2.29. The van der Waals surface area contributed by atoms with Gasteiger partial charge in [-0.15, -0.1) is 0 Å². The number of rotatable bonds is 3. The number of hydrogen-bond acceptors (Lipinski definition) is 2. The maximum Gasteiger partial charge on any atom is 0.0192 e. The van der Waals surface area contributed by atoms with E-state index in [0.717, 1.165) is 12.0 Å². The molecule has 66 valence electrons. The molecule has 0 aromatic carbocycles. The van der Waals surface area contributed by atoms with Crippen LogP contribution in [0.1, 0.15) is 26.2 Å². The largest absolute Gasteiger partial charge is 0.297 e. The van der Waals surface area contributed by atoms with Crippen LogP contribution in [0, 0.1) is 5.92 Å². The Morgan fingerprint density at radius 2 is 2.36 bits per heavy atom. The molecular formula is C8H18NPS. The van der Waals surface area contributed by atoms with Crippen molar-refractivity contribution in [2.45, 2.75) is 32.2 Å². The molecule has 1 saturated heterocycles. The van der Waals surface area contributed by atoms with E-state index in [0.29, 0.717) is 0 Å². The topological polar surface area (TPSA) is 12.0 Å². The van der Waals surface area contributed by atoms with E-state index in [1.807, 2.05) is 0 Å². The smallest absolute Gasteiger partial charge is 0.0192 e. The molecule has 3 atom stereocenters. The first-order chi connectivity index (χ1) is 5.36. The van der Waals surface area contributed by atoms with Crippen LogP contribution >= 0.6 is 21.2 Å². The van der Waals surface area contributed by atoms with Crippen molar-refractivity contribution in [2.24, 2.45) is 5.92 Å². The summed E-state index contributed by atoms with van der Waals surface area (Å²) in [7, 11) is 2.64. The fourth-order valence-electron chi connectivity index (χ4n) is 1.64. The van der Waals surface area contributed by atoms with Crippen LogP contribution < -0.4 is 5.09 Å². The lowest BCUT2D eigenvalue weighted by molar-refractivity contribution is 0.434. The monoisotopic (exact) mass is 191 g/mol. The first-order valence-electron chi connectivity index (χ1n) is 4.40. The molecule has 1 fully saturated rings. The van der Waals surface area contributed by atoms with Crippen LogP contribution in [0.15, 0.2) is 0 Å². The molecule has 0 bridgehead atoms. The van der Waals surface area contributed by atoms with Gasteiger partial charge in [-0.05, 0) is 24.5 Å². The normalized spacial score (nSPS) is 32.2. The second-order valence-corrected chi connectivity index (χ2v) is 4.70. The van der Waals surface area contributed by atoms with E-state index in [2.05, 4.69) is 33.2 Å². The second kappa shape index (κ2) is 5.40. The third-order valence-corrected chi connectivity index (χ3v) is 4.04. The highest BCUT2D eigenvalue weighted by atomic mass is 32.2. The molecule has 3 unspecified atom stereocenters. The molecule has 0 radical (unpaired) electrons. The highest BCUT2D eigenvalue weighted by Gasteiger charge is 2.19. The molecule has 0 amide bonds. The fourth-order valence-corrected chi connectivity index (χ4v) is 3.35. The Balaban J connectivity index is 2.21. The first-order valence-corrected chi connectivity index (χ1v) is 6.14. The average Bonchev–Trinajstić information content (AvgIpc) is 2.06. The molecule has 0 spiro atoms. The quantitative estimate of drug-likeness (QED) is 0.687. The molecule has 0 aromatic heterocycles. The molecule has 3 heteroatoms. The van der Waals surface area contributed by atoms with Gasteiger partial charge in [0.2, 0.25) is 0 Å². The Hall–Kier alpha value is 0.740. The zero-order valence-corrected chi connectivity index (χ0v) is 9.15. The van der Waals surface area contributed by atoms with Gasteiger partial charge in [0.15, 0.2) is 0 Å². The van der Waals surface area contributed by atoms with Crippen LogP contribution in [0.5, 0.6) is 0 Å². The van der Waals surface area contributed by atoms with Crippen LogP contribution in [-0.4, -0.2) is 17.5 Å². The van der Waals surface area contributed by atoms with Gasteiger partial charge in [0.05, 0.1) is 0 Å². The number of thioether (sulfide) groups is 1. The van der Waals surface area contributed by atoms with E-state index in [1.165, 1.54) is 30.8 Å². The van der Waals surface area contributed by atoms with Gasteiger partial charge < -0.3 is 0 Å². The molecule has 0 aromatic rings. The Labute approximate surface area is 76.3 Å². The van der Waals surface area contributed by atoms with Gasteiger partial charge in [0.1, 0.15) is 0 Å². The Morgan fingerprint density at radius 1 is 1.55 bits per heavy atom. The van der Waals surface area contributed by atoms with Gasteiger partial charge in [-0.2, -0.15) is 11.8 Å². The van der Waals surface area contributed by atoms with Crippen molar-refractivity contribution in [1.82, 2.24) is 5.09 Å². The Bertz CT molecular complexity index is 108. The molecule has 0 aliphatic carbocycles. The summed E-state index contributed by atoms with van der Waals surface area (Å²) < 4.78 is 0. The first kappa shape index (κ1) is 9.83. The summed E-state index contributed by atoms with van der Waals surface area (Å²) in [5.41, 5.74) is 0. The van der Waals surface area contributed by atoms with Gasteiger partial charge in [-0.1, -0.05) is 22.7 Å². The zero-order chi connectivity index (χ0) is 8.10.